The first-order chi connectivity index (χ1) is 8.78. The maximum Gasteiger partial charge on any atom is 0.257 e. The summed E-state index contributed by atoms with van der Waals surface area (Å²) in [5.41, 5.74) is -0.543. The number of rotatable bonds is 5. The SMILES string of the molecule is CCN(CC(C)(C)O)C(=O)c1cc(Cl)ccc1OC. The Balaban J connectivity index is 3.06. The fraction of sp³-hybridized carbons (Fsp3) is 0.500. The van der Waals surface area contributed by atoms with Gasteiger partial charge in [-0.05, 0) is 39.0 Å². The molecule has 0 aliphatic carbocycles. The quantitative estimate of drug-likeness (QED) is 0.905. The zero-order chi connectivity index (χ0) is 14.6. The van der Waals surface area contributed by atoms with Gasteiger partial charge < -0.3 is 14.7 Å². The lowest BCUT2D eigenvalue weighted by Gasteiger charge is -2.28. The van der Waals surface area contributed by atoms with E-state index in [0.717, 1.165) is 0 Å². The molecule has 0 unspecified atom stereocenters. The maximum absolute atomic E-state index is 12.5. The third-order valence-electron chi connectivity index (χ3n) is 2.64. The average molecular weight is 286 g/mol. The number of amides is 1. The topological polar surface area (TPSA) is 49.8 Å². The number of benzene rings is 1. The Morgan fingerprint density at radius 1 is 1.47 bits per heavy atom. The van der Waals surface area contributed by atoms with Crippen LogP contribution in [0.1, 0.15) is 31.1 Å². The van der Waals surface area contributed by atoms with E-state index in [0.29, 0.717) is 22.9 Å². The lowest BCUT2D eigenvalue weighted by molar-refractivity contribution is 0.0313. The van der Waals surface area contributed by atoms with Gasteiger partial charge in [0.2, 0.25) is 0 Å². The van der Waals surface area contributed by atoms with Gasteiger partial charge in [0, 0.05) is 18.1 Å². The number of nitrogens with zero attached hydrogens (tertiary/aromatic N) is 1. The summed E-state index contributed by atoms with van der Waals surface area (Å²) >= 11 is 5.92. The summed E-state index contributed by atoms with van der Waals surface area (Å²) in [4.78, 5) is 14.0. The van der Waals surface area contributed by atoms with Crippen LogP contribution in [0.4, 0.5) is 0 Å². The van der Waals surface area contributed by atoms with E-state index in [1.807, 2.05) is 6.92 Å². The number of carbonyl (C=O) groups is 1. The second kappa shape index (κ2) is 6.26. The molecule has 0 bridgehead atoms. The van der Waals surface area contributed by atoms with Crippen molar-refractivity contribution < 1.29 is 14.6 Å². The highest BCUT2D eigenvalue weighted by molar-refractivity contribution is 6.31. The van der Waals surface area contributed by atoms with E-state index >= 15 is 0 Å². The zero-order valence-corrected chi connectivity index (χ0v) is 12.5. The van der Waals surface area contributed by atoms with Gasteiger partial charge in [-0.1, -0.05) is 11.6 Å². The molecular formula is C14H20ClNO3. The van der Waals surface area contributed by atoms with Crippen LogP contribution in [-0.4, -0.2) is 41.7 Å². The van der Waals surface area contributed by atoms with Crippen LogP contribution in [0.25, 0.3) is 0 Å². The van der Waals surface area contributed by atoms with Gasteiger partial charge in [-0.15, -0.1) is 0 Å². The highest BCUT2D eigenvalue weighted by atomic mass is 35.5. The molecule has 1 N–H and O–H groups in total. The minimum Gasteiger partial charge on any atom is -0.496 e. The van der Waals surface area contributed by atoms with Crippen molar-refractivity contribution in [2.24, 2.45) is 0 Å². The molecule has 0 aliphatic rings. The number of likely N-dealkylation sites (N-methyl/N-ethyl adjacent to an activating group) is 1. The Kier molecular flexibility index (Phi) is 5.20. The maximum atomic E-state index is 12.5. The summed E-state index contributed by atoms with van der Waals surface area (Å²) in [6.45, 7) is 5.94. The Bertz CT molecular complexity index is 454. The number of hydrogen-bond donors (Lipinski definition) is 1. The predicted molar refractivity (Wildman–Crippen MR) is 75.9 cm³/mol. The zero-order valence-electron chi connectivity index (χ0n) is 11.7. The second-order valence-electron chi connectivity index (χ2n) is 4.98. The van der Waals surface area contributed by atoms with Crippen molar-refractivity contribution in [3.63, 3.8) is 0 Å². The summed E-state index contributed by atoms with van der Waals surface area (Å²) in [6.07, 6.45) is 0. The van der Waals surface area contributed by atoms with Gasteiger partial charge in [-0.2, -0.15) is 0 Å². The molecule has 0 spiro atoms. The minimum atomic E-state index is -0.947. The lowest BCUT2D eigenvalue weighted by atomic mass is 10.1. The van der Waals surface area contributed by atoms with Crippen LogP contribution in [-0.2, 0) is 0 Å². The normalized spacial score (nSPS) is 11.3. The Morgan fingerprint density at radius 3 is 2.58 bits per heavy atom. The Hall–Kier alpha value is -1.26. The number of halogens is 1. The second-order valence-corrected chi connectivity index (χ2v) is 5.41. The molecule has 0 saturated carbocycles. The molecule has 5 heteroatoms. The van der Waals surface area contributed by atoms with Gasteiger partial charge in [0.25, 0.3) is 5.91 Å². The summed E-state index contributed by atoms with van der Waals surface area (Å²) in [7, 11) is 1.51. The molecule has 0 saturated heterocycles. The van der Waals surface area contributed by atoms with Gasteiger partial charge in [-0.3, -0.25) is 4.79 Å². The molecule has 1 amide bonds. The fourth-order valence-corrected chi connectivity index (χ4v) is 1.98. The minimum absolute atomic E-state index is 0.205. The van der Waals surface area contributed by atoms with Gasteiger partial charge in [0.1, 0.15) is 5.75 Å². The molecule has 4 nitrogen and oxygen atoms in total. The van der Waals surface area contributed by atoms with Crippen molar-refractivity contribution in [1.29, 1.82) is 0 Å². The number of carbonyl (C=O) groups excluding carboxylic acids is 1. The smallest absolute Gasteiger partial charge is 0.257 e. The van der Waals surface area contributed by atoms with Crippen LogP contribution in [0.5, 0.6) is 5.75 Å². The number of methoxy groups -OCH3 is 1. The van der Waals surface area contributed by atoms with E-state index < -0.39 is 5.60 Å². The molecule has 19 heavy (non-hydrogen) atoms. The summed E-state index contributed by atoms with van der Waals surface area (Å²) < 4.78 is 5.18. The molecule has 0 heterocycles. The first-order valence-corrected chi connectivity index (χ1v) is 6.51. The van der Waals surface area contributed by atoms with E-state index in [2.05, 4.69) is 0 Å². The first-order valence-electron chi connectivity index (χ1n) is 6.13. The van der Waals surface area contributed by atoms with Crippen molar-refractivity contribution in [1.82, 2.24) is 4.90 Å². The summed E-state index contributed by atoms with van der Waals surface area (Å²) in [5, 5.41) is 10.3. The van der Waals surface area contributed by atoms with E-state index in [-0.39, 0.29) is 12.5 Å². The molecule has 0 fully saturated rings. The van der Waals surface area contributed by atoms with Crippen LogP contribution < -0.4 is 4.74 Å². The Labute approximate surface area is 118 Å². The van der Waals surface area contributed by atoms with Gasteiger partial charge >= 0.3 is 0 Å². The number of hydrogen-bond acceptors (Lipinski definition) is 3. The summed E-state index contributed by atoms with van der Waals surface area (Å²) in [6, 6.07) is 4.91. The molecule has 0 atom stereocenters. The Morgan fingerprint density at radius 2 is 2.11 bits per heavy atom. The highest BCUT2D eigenvalue weighted by Gasteiger charge is 2.24. The van der Waals surface area contributed by atoms with E-state index in [1.165, 1.54) is 7.11 Å². The first kappa shape index (κ1) is 15.8. The van der Waals surface area contributed by atoms with Crippen molar-refractivity contribution in [3.05, 3.63) is 28.8 Å². The van der Waals surface area contributed by atoms with Crippen LogP contribution in [0.15, 0.2) is 18.2 Å². The predicted octanol–water partition coefficient (Wildman–Crippen LogP) is 2.58. The number of ether oxygens (including phenoxy) is 1. The van der Waals surface area contributed by atoms with Crippen LogP contribution in [0.2, 0.25) is 5.02 Å². The molecule has 106 valence electrons. The standard InChI is InChI=1S/C14H20ClNO3/c1-5-16(9-14(2,3)18)13(17)11-8-10(15)6-7-12(11)19-4/h6-8,18H,5,9H2,1-4H3. The monoisotopic (exact) mass is 285 g/mol. The molecule has 0 radical (unpaired) electrons. The molecular weight excluding hydrogens is 266 g/mol. The van der Waals surface area contributed by atoms with Crippen LogP contribution in [0, 0.1) is 0 Å². The summed E-state index contributed by atoms with van der Waals surface area (Å²) in [5.74, 6) is 0.271. The molecule has 1 rings (SSSR count). The van der Waals surface area contributed by atoms with E-state index in [9.17, 15) is 9.90 Å². The van der Waals surface area contributed by atoms with Gasteiger partial charge in [0.15, 0.2) is 0 Å². The molecule has 0 aliphatic heterocycles. The van der Waals surface area contributed by atoms with Gasteiger partial charge in [-0.25, -0.2) is 0 Å². The largest absolute Gasteiger partial charge is 0.496 e. The van der Waals surface area contributed by atoms with Crippen LogP contribution >= 0.6 is 11.6 Å². The molecule has 0 aromatic heterocycles. The van der Waals surface area contributed by atoms with E-state index in [4.69, 9.17) is 16.3 Å². The molecule has 1 aromatic carbocycles. The van der Waals surface area contributed by atoms with Crippen molar-refractivity contribution in [2.75, 3.05) is 20.2 Å². The lowest BCUT2D eigenvalue weighted by Crippen LogP contribution is -2.42. The van der Waals surface area contributed by atoms with E-state index in [1.54, 1.807) is 36.9 Å². The van der Waals surface area contributed by atoms with Crippen molar-refractivity contribution >= 4 is 17.5 Å². The van der Waals surface area contributed by atoms with Gasteiger partial charge in [0.05, 0.1) is 18.3 Å². The third-order valence-corrected chi connectivity index (χ3v) is 2.87. The van der Waals surface area contributed by atoms with Crippen molar-refractivity contribution in [3.8, 4) is 5.75 Å². The average Bonchev–Trinajstić information content (AvgIpc) is 2.34. The van der Waals surface area contributed by atoms with Crippen LogP contribution in [0.3, 0.4) is 0 Å². The van der Waals surface area contributed by atoms with Crippen molar-refractivity contribution in [2.45, 2.75) is 26.4 Å². The highest BCUT2D eigenvalue weighted by Crippen LogP contribution is 2.24. The number of aliphatic hydroxyl groups is 1. The third kappa shape index (κ3) is 4.40. The fourth-order valence-electron chi connectivity index (χ4n) is 1.81. The molecule has 1 aromatic rings.